The molecule has 0 unspecified atom stereocenters. The van der Waals surface area contributed by atoms with Crippen LogP contribution >= 0.6 is 23.2 Å². The van der Waals surface area contributed by atoms with E-state index >= 15 is 0 Å². The van der Waals surface area contributed by atoms with Crippen molar-refractivity contribution in [1.29, 1.82) is 0 Å². The van der Waals surface area contributed by atoms with E-state index in [-0.39, 0.29) is 10.6 Å². The van der Waals surface area contributed by atoms with Crippen LogP contribution in [0, 0.1) is 0 Å². The highest BCUT2D eigenvalue weighted by molar-refractivity contribution is 7.92. The van der Waals surface area contributed by atoms with E-state index in [0.717, 1.165) is 0 Å². The minimum Gasteiger partial charge on any atom is -0.497 e. The van der Waals surface area contributed by atoms with Gasteiger partial charge in [-0.3, -0.25) is 9.52 Å². The number of rotatable bonds is 8. The van der Waals surface area contributed by atoms with Gasteiger partial charge in [-0.15, -0.1) is 0 Å². The maximum Gasteiger partial charge on any atom is 0.262 e. The number of benzene rings is 3. The molecule has 2 N–H and O–H groups in total. The number of methoxy groups -OCH3 is 2. The minimum atomic E-state index is -3.91. The van der Waals surface area contributed by atoms with Crippen LogP contribution in [-0.4, -0.2) is 28.5 Å². The Bertz CT molecular complexity index is 1290. The van der Waals surface area contributed by atoms with E-state index < -0.39 is 15.9 Å². The monoisotopic (exact) mass is 506 g/mol. The molecular weight excluding hydrogens is 487 g/mol. The number of sulfonamides is 1. The number of nitrogens with one attached hydrogen (secondary N) is 2. The summed E-state index contributed by atoms with van der Waals surface area (Å²) in [5.74, 6) is 0.409. The van der Waals surface area contributed by atoms with E-state index in [1.165, 1.54) is 50.6 Å². The van der Waals surface area contributed by atoms with Crippen molar-refractivity contribution in [2.45, 2.75) is 4.90 Å². The van der Waals surface area contributed by atoms with Gasteiger partial charge in [-0.25, -0.2) is 8.42 Å². The molecule has 3 aromatic rings. The third-order valence-corrected chi connectivity index (χ3v) is 6.40. The van der Waals surface area contributed by atoms with Crippen molar-refractivity contribution in [3.8, 4) is 11.5 Å². The lowest BCUT2D eigenvalue weighted by Gasteiger charge is -2.13. The first kappa shape index (κ1) is 24.4. The summed E-state index contributed by atoms with van der Waals surface area (Å²) in [4.78, 5) is 12.2. The number of ether oxygens (including phenoxy) is 2. The van der Waals surface area contributed by atoms with Crippen LogP contribution < -0.4 is 19.5 Å². The Hall–Kier alpha value is -3.20. The van der Waals surface area contributed by atoms with Gasteiger partial charge < -0.3 is 14.8 Å². The number of anilines is 2. The molecule has 172 valence electrons. The minimum absolute atomic E-state index is 0.00820. The van der Waals surface area contributed by atoms with Gasteiger partial charge in [0.2, 0.25) is 5.91 Å². The topological polar surface area (TPSA) is 93.7 Å². The highest BCUT2D eigenvalue weighted by Crippen LogP contribution is 2.31. The molecule has 0 heterocycles. The van der Waals surface area contributed by atoms with Crippen LogP contribution in [0.4, 0.5) is 11.4 Å². The molecule has 3 rings (SSSR count). The van der Waals surface area contributed by atoms with Crippen LogP contribution in [0.5, 0.6) is 11.5 Å². The standard InChI is InChI=1S/C23H20Cl2N2O5S/c1-31-18-8-11-22(32-2)21(14-18)27-33(29,30)19-9-6-17(7-10-19)26-23(28)12-4-15-3-5-16(24)13-20(15)25/h3-14,27H,1-2H3,(H,26,28)/b12-4+. The van der Waals surface area contributed by atoms with Crippen LogP contribution in [0.15, 0.2) is 71.6 Å². The van der Waals surface area contributed by atoms with E-state index in [1.807, 2.05) is 0 Å². The van der Waals surface area contributed by atoms with Crippen LogP contribution in [-0.2, 0) is 14.8 Å². The zero-order valence-corrected chi connectivity index (χ0v) is 20.0. The van der Waals surface area contributed by atoms with Crippen LogP contribution in [0.2, 0.25) is 10.0 Å². The molecule has 0 aliphatic rings. The summed E-state index contributed by atoms with van der Waals surface area (Å²) in [5, 5.41) is 3.57. The predicted octanol–water partition coefficient (Wildman–Crippen LogP) is 5.46. The SMILES string of the molecule is COc1ccc(OC)c(NS(=O)(=O)c2ccc(NC(=O)/C=C/c3ccc(Cl)cc3Cl)cc2)c1. The first-order chi connectivity index (χ1) is 15.7. The predicted molar refractivity (Wildman–Crippen MR) is 131 cm³/mol. The third-order valence-electron chi connectivity index (χ3n) is 4.46. The van der Waals surface area contributed by atoms with Crippen molar-refractivity contribution >= 4 is 56.6 Å². The Labute approximate surface area is 202 Å². The average molecular weight is 507 g/mol. The molecule has 0 bridgehead atoms. The van der Waals surface area contributed by atoms with Crippen LogP contribution in [0.25, 0.3) is 6.08 Å². The van der Waals surface area contributed by atoms with Gasteiger partial charge in [-0.05, 0) is 60.2 Å². The van der Waals surface area contributed by atoms with Gasteiger partial charge in [0.25, 0.3) is 10.0 Å². The molecule has 1 amide bonds. The first-order valence-electron chi connectivity index (χ1n) is 9.51. The average Bonchev–Trinajstić information content (AvgIpc) is 2.78. The maximum absolute atomic E-state index is 12.8. The van der Waals surface area contributed by atoms with Gasteiger partial charge >= 0.3 is 0 Å². The molecule has 0 saturated carbocycles. The summed E-state index contributed by atoms with van der Waals surface area (Å²) in [6, 6.07) is 15.4. The Balaban J connectivity index is 1.70. The second kappa shape index (κ2) is 10.6. The zero-order chi connectivity index (χ0) is 24.0. The molecule has 0 aliphatic heterocycles. The molecule has 0 fully saturated rings. The molecule has 0 atom stereocenters. The molecule has 0 radical (unpaired) electrons. The van der Waals surface area contributed by atoms with E-state index in [2.05, 4.69) is 10.0 Å². The van der Waals surface area contributed by atoms with Gasteiger partial charge in [0.15, 0.2) is 0 Å². The number of halogens is 2. The lowest BCUT2D eigenvalue weighted by molar-refractivity contribution is -0.111. The number of hydrogen-bond donors (Lipinski definition) is 2. The van der Waals surface area contributed by atoms with Crippen LogP contribution in [0.1, 0.15) is 5.56 Å². The normalized spacial score (nSPS) is 11.3. The smallest absolute Gasteiger partial charge is 0.262 e. The largest absolute Gasteiger partial charge is 0.497 e. The highest BCUT2D eigenvalue weighted by atomic mass is 35.5. The lowest BCUT2D eigenvalue weighted by Crippen LogP contribution is -2.14. The number of carbonyl (C=O) groups excluding carboxylic acids is 1. The lowest BCUT2D eigenvalue weighted by atomic mass is 10.2. The summed E-state index contributed by atoms with van der Waals surface area (Å²) in [6.45, 7) is 0. The fourth-order valence-electron chi connectivity index (χ4n) is 2.80. The van der Waals surface area contributed by atoms with E-state index in [9.17, 15) is 13.2 Å². The summed E-state index contributed by atoms with van der Waals surface area (Å²) in [5.41, 5.74) is 1.29. The second-order valence-corrected chi connectivity index (χ2v) is 9.21. The summed E-state index contributed by atoms with van der Waals surface area (Å²) in [7, 11) is -0.993. The summed E-state index contributed by atoms with van der Waals surface area (Å²) in [6.07, 6.45) is 2.87. The van der Waals surface area contributed by atoms with Crippen molar-refractivity contribution in [3.05, 3.63) is 82.3 Å². The van der Waals surface area contributed by atoms with E-state index in [1.54, 1.807) is 36.4 Å². The maximum atomic E-state index is 12.8. The zero-order valence-electron chi connectivity index (χ0n) is 17.6. The summed E-state index contributed by atoms with van der Waals surface area (Å²) >= 11 is 11.9. The van der Waals surface area contributed by atoms with E-state index in [0.29, 0.717) is 32.8 Å². The molecule has 33 heavy (non-hydrogen) atoms. The molecule has 0 saturated heterocycles. The van der Waals surface area contributed by atoms with Gasteiger partial charge in [0.05, 0.1) is 24.8 Å². The molecule has 0 aliphatic carbocycles. The highest BCUT2D eigenvalue weighted by Gasteiger charge is 2.17. The van der Waals surface area contributed by atoms with Crippen molar-refractivity contribution in [2.24, 2.45) is 0 Å². The quantitative estimate of drug-likeness (QED) is 0.395. The Morgan fingerprint density at radius 2 is 1.67 bits per heavy atom. The fraction of sp³-hybridized carbons (Fsp3) is 0.0870. The molecule has 10 heteroatoms. The van der Waals surface area contributed by atoms with Gasteiger partial charge in [-0.2, -0.15) is 0 Å². The fourth-order valence-corrected chi connectivity index (χ4v) is 4.33. The Morgan fingerprint density at radius 1 is 0.939 bits per heavy atom. The van der Waals surface area contributed by atoms with Crippen LogP contribution in [0.3, 0.4) is 0 Å². The molecule has 0 aromatic heterocycles. The van der Waals surface area contributed by atoms with Gasteiger partial charge in [0.1, 0.15) is 11.5 Å². The van der Waals surface area contributed by atoms with Crippen molar-refractivity contribution in [2.75, 3.05) is 24.3 Å². The molecule has 7 nitrogen and oxygen atoms in total. The van der Waals surface area contributed by atoms with Crippen molar-refractivity contribution in [1.82, 2.24) is 0 Å². The second-order valence-electron chi connectivity index (χ2n) is 6.68. The number of amides is 1. The number of hydrogen-bond acceptors (Lipinski definition) is 5. The Kier molecular flexibility index (Phi) is 7.86. The first-order valence-corrected chi connectivity index (χ1v) is 11.7. The Morgan fingerprint density at radius 3 is 2.30 bits per heavy atom. The van der Waals surface area contributed by atoms with Gasteiger partial charge in [0, 0.05) is 27.9 Å². The molecule has 0 spiro atoms. The summed E-state index contributed by atoms with van der Waals surface area (Å²) < 4.78 is 38.4. The van der Waals surface area contributed by atoms with Crippen molar-refractivity contribution < 1.29 is 22.7 Å². The third kappa shape index (κ3) is 6.41. The van der Waals surface area contributed by atoms with E-state index in [4.69, 9.17) is 32.7 Å². The molecular formula is C23H20Cl2N2O5S. The number of carbonyl (C=O) groups is 1. The van der Waals surface area contributed by atoms with Gasteiger partial charge in [-0.1, -0.05) is 29.3 Å². The molecule has 3 aromatic carbocycles. The van der Waals surface area contributed by atoms with Crippen molar-refractivity contribution in [3.63, 3.8) is 0 Å².